The number of carbonyl (C=O) groups is 5. The summed E-state index contributed by atoms with van der Waals surface area (Å²) in [6.45, 7) is 18.9. The topological polar surface area (TPSA) is 309 Å². The van der Waals surface area contributed by atoms with E-state index in [9.17, 15) is 46.8 Å². The predicted octanol–water partition coefficient (Wildman–Crippen LogP) is 11.9. The van der Waals surface area contributed by atoms with Crippen LogP contribution in [0.3, 0.4) is 0 Å². The first kappa shape index (κ1) is 84.5. The van der Waals surface area contributed by atoms with Crippen molar-refractivity contribution in [2.45, 2.75) is 82.1 Å². The minimum atomic E-state index is -3.41. The van der Waals surface area contributed by atoms with Crippen molar-refractivity contribution in [3.8, 4) is 0 Å². The molecule has 0 aliphatic carbocycles. The lowest BCUT2D eigenvalue weighted by atomic mass is 9.99. The van der Waals surface area contributed by atoms with Crippen LogP contribution in [-0.4, -0.2) is 158 Å². The van der Waals surface area contributed by atoms with Crippen molar-refractivity contribution in [1.29, 1.82) is 0 Å². The molecule has 450 valence electrons. The summed E-state index contributed by atoms with van der Waals surface area (Å²) < 4.78 is 127. The molecule has 0 aromatic carbocycles. The number of phosphoric ester groups is 5. The van der Waals surface area contributed by atoms with E-state index in [4.69, 9.17) is 22.6 Å². The number of thioether (sulfide) groups is 5. The lowest BCUT2D eigenvalue weighted by Gasteiger charge is -2.16. The second-order valence-electron chi connectivity index (χ2n) is 15.6. The van der Waals surface area contributed by atoms with Crippen molar-refractivity contribution >= 4 is 123 Å². The molecule has 0 amide bonds. The Morgan fingerprint density at radius 1 is 0.400 bits per heavy atom. The summed E-state index contributed by atoms with van der Waals surface area (Å²) in [5, 5.41) is 0.370. The van der Waals surface area contributed by atoms with Crippen molar-refractivity contribution in [2.24, 2.45) is 16.7 Å². The van der Waals surface area contributed by atoms with Gasteiger partial charge in [-0.1, -0.05) is 121 Å². The first-order valence-corrected chi connectivity index (χ1v) is 34.4. The zero-order valence-electron chi connectivity index (χ0n) is 47.0. The van der Waals surface area contributed by atoms with Crippen LogP contribution in [0.4, 0.5) is 0 Å². The molecule has 0 N–H and O–H groups in total. The third-order valence-corrected chi connectivity index (χ3v) is 19.8. The van der Waals surface area contributed by atoms with Crippen molar-refractivity contribution < 1.29 is 115 Å². The highest BCUT2D eigenvalue weighted by Gasteiger charge is 2.27. The smallest absolute Gasteiger partial charge is 0.290 e. The largest absolute Gasteiger partial charge is 0.474 e. The van der Waals surface area contributed by atoms with Crippen molar-refractivity contribution in [3.63, 3.8) is 0 Å². The molecule has 35 heteroatoms. The van der Waals surface area contributed by atoms with Crippen LogP contribution in [0.1, 0.15) is 82.1 Å². The highest BCUT2D eigenvalue weighted by molar-refractivity contribution is 8.14. The van der Waals surface area contributed by atoms with E-state index in [1.165, 1.54) is 89.8 Å². The average molecular weight is 1280 g/mol. The molecule has 0 fully saturated rings. The van der Waals surface area contributed by atoms with Gasteiger partial charge >= 0.3 is 39.1 Å². The monoisotopic (exact) mass is 1280 g/mol. The Hall–Kier alpha value is 0.650. The maximum absolute atomic E-state index is 11.6. The van der Waals surface area contributed by atoms with E-state index in [2.05, 4.69) is 45.2 Å². The van der Waals surface area contributed by atoms with Crippen LogP contribution in [0.5, 0.6) is 0 Å². The molecular weight excluding hydrogens is 1200 g/mol. The van der Waals surface area contributed by atoms with Crippen LogP contribution < -0.4 is 0 Å². The predicted molar refractivity (Wildman–Crippen MR) is 300 cm³/mol. The van der Waals surface area contributed by atoms with Crippen LogP contribution in [-0.2, 0) is 115 Å². The Kier molecular flexibility index (Phi) is 53.1. The molecule has 0 bridgehead atoms. The number of hydrogen-bond donors (Lipinski definition) is 0. The van der Waals surface area contributed by atoms with E-state index in [1.807, 2.05) is 55.4 Å². The summed E-state index contributed by atoms with van der Waals surface area (Å²) in [5.41, 5.74) is -0.712. The first-order valence-electron chi connectivity index (χ1n) is 22.2. The van der Waals surface area contributed by atoms with Gasteiger partial charge in [0.15, 0.2) is 25.6 Å². The van der Waals surface area contributed by atoms with Gasteiger partial charge in [-0.25, -0.2) is 22.8 Å². The van der Waals surface area contributed by atoms with Gasteiger partial charge in [0, 0.05) is 130 Å². The van der Waals surface area contributed by atoms with Gasteiger partial charge in [-0.2, -0.15) is 0 Å². The van der Waals surface area contributed by atoms with Crippen LogP contribution >= 0.6 is 97.9 Å². The Morgan fingerprint density at radius 3 is 0.907 bits per heavy atom. The lowest BCUT2D eigenvalue weighted by molar-refractivity contribution is -0.118. The standard InChI is InChI=1S/C10H21O5PS.C9H19O5PS.C8H17O5PS.C7H15O5PS.C6H13O5PS/c1-10(2,3)9(11)17-8-6-7-15-16(12,13-4)14-5;1-9(2,3)8(10)16-7-6-14-15(11,12-4)13-5;1-7(2)8(9)15-6-5-13-14(10,11-3)12-4;1-4-7(8)14-6-5-12-13(9,10-2)11-3;1-6(7)13-5-4-11-12(8,9-2)10-3/h6-8H2,1-5H3;6-7H2,1-5H3;7H,5-6H2,1-4H3;4-6H2,1-3H3;4-5H2,1-3H3. The van der Waals surface area contributed by atoms with E-state index >= 15 is 0 Å². The molecule has 0 aliphatic heterocycles. The molecule has 0 aliphatic rings. The second-order valence-corrected chi connectivity index (χ2v) is 30.7. The molecule has 0 aromatic heterocycles. The summed E-state index contributed by atoms with van der Waals surface area (Å²) >= 11 is 5.80. The number of hydrogen-bond acceptors (Lipinski definition) is 30. The minimum Gasteiger partial charge on any atom is -0.290 e. The van der Waals surface area contributed by atoms with Crippen molar-refractivity contribution in [3.05, 3.63) is 0 Å². The maximum Gasteiger partial charge on any atom is 0.474 e. The van der Waals surface area contributed by atoms with Gasteiger partial charge in [0.05, 0.1) is 33.0 Å². The van der Waals surface area contributed by atoms with Crippen molar-refractivity contribution in [1.82, 2.24) is 0 Å². The zero-order valence-corrected chi connectivity index (χ0v) is 55.6. The highest BCUT2D eigenvalue weighted by Crippen LogP contribution is 2.50. The fourth-order valence-corrected chi connectivity index (χ4v) is 10.5. The molecule has 0 spiro atoms. The molecular formula is C40H85O25P5S5. The summed E-state index contributed by atoms with van der Waals surface area (Å²) in [5.74, 6) is 2.37. The van der Waals surface area contributed by atoms with Crippen LogP contribution in [0, 0.1) is 16.7 Å². The van der Waals surface area contributed by atoms with Crippen LogP contribution in [0.25, 0.3) is 0 Å². The Bertz CT molecular complexity index is 1780. The summed E-state index contributed by atoms with van der Waals surface area (Å²) in [7, 11) is -4.42. The molecule has 0 saturated heterocycles. The molecule has 0 heterocycles. The van der Waals surface area contributed by atoms with Crippen LogP contribution in [0.15, 0.2) is 0 Å². The molecule has 0 rings (SSSR count). The van der Waals surface area contributed by atoms with Gasteiger partial charge in [-0.05, 0) is 6.42 Å². The Labute approximate surface area is 467 Å². The summed E-state index contributed by atoms with van der Waals surface area (Å²) in [6.07, 6.45) is 1.10. The Balaban J connectivity index is -0.000000273. The van der Waals surface area contributed by atoms with Gasteiger partial charge in [0.2, 0.25) is 0 Å². The minimum absolute atomic E-state index is 0.00624. The van der Waals surface area contributed by atoms with E-state index < -0.39 is 39.1 Å². The Morgan fingerprint density at radius 2 is 0.653 bits per heavy atom. The van der Waals surface area contributed by atoms with Gasteiger partial charge in [0.1, 0.15) is 0 Å². The fraction of sp³-hybridized carbons (Fsp3) is 0.875. The quantitative estimate of drug-likeness (QED) is 0.0435. The van der Waals surface area contributed by atoms with Gasteiger partial charge in [0.25, 0.3) is 0 Å². The number of carbonyl (C=O) groups excluding carboxylic acids is 5. The molecule has 0 saturated carbocycles. The third kappa shape index (κ3) is 49.0. The maximum atomic E-state index is 11.6. The van der Waals surface area contributed by atoms with Gasteiger partial charge in [-0.15, -0.1) is 0 Å². The van der Waals surface area contributed by atoms with Crippen molar-refractivity contribution in [2.75, 3.05) is 133 Å². The molecule has 0 radical (unpaired) electrons. The third-order valence-electron chi connectivity index (χ3n) is 7.37. The van der Waals surface area contributed by atoms with E-state index in [0.717, 1.165) is 47.0 Å². The molecule has 75 heavy (non-hydrogen) atoms. The van der Waals surface area contributed by atoms with Gasteiger partial charge in [-0.3, -0.25) is 91.8 Å². The number of phosphoric acid groups is 5. The first-order chi connectivity index (χ1) is 34.6. The molecule has 0 aromatic rings. The summed E-state index contributed by atoms with van der Waals surface area (Å²) in [6, 6.07) is 0. The molecule has 0 unspecified atom stereocenters. The molecule has 0 atom stereocenters. The average Bonchev–Trinajstić information content (AvgIpc) is 3.38. The van der Waals surface area contributed by atoms with Crippen LogP contribution in [0.2, 0.25) is 0 Å². The normalized spacial score (nSPS) is 12.2. The van der Waals surface area contributed by atoms with E-state index in [-0.39, 0.29) is 75.4 Å². The number of rotatable bonds is 33. The van der Waals surface area contributed by atoms with E-state index in [1.54, 1.807) is 6.92 Å². The fourth-order valence-electron chi connectivity index (χ4n) is 3.22. The van der Waals surface area contributed by atoms with E-state index in [0.29, 0.717) is 41.6 Å². The molecule has 25 nitrogen and oxygen atoms in total. The summed E-state index contributed by atoms with van der Waals surface area (Å²) in [4.78, 5) is 55.6. The van der Waals surface area contributed by atoms with Gasteiger partial charge < -0.3 is 0 Å². The lowest BCUT2D eigenvalue weighted by Crippen LogP contribution is -2.17. The highest BCUT2D eigenvalue weighted by atomic mass is 32.2. The SMILES string of the molecule is CCC(=O)SCCOP(=O)(OC)OC.COP(=O)(OC)OCCCSC(=O)C(C)(C)C.COP(=O)(OC)OCCSC(=O)C(C)(C)C.COP(=O)(OC)OCCSC(=O)C(C)C.COP(=O)(OC)OCCSC(C)=O. The zero-order chi connectivity index (χ0) is 59.6. The second kappa shape index (κ2) is 47.2.